The molecule has 0 spiro atoms. The zero-order chi connectivity index (χ0) is 23.2. The summed E-state index contributed by atoms with van der Waals surface area (Å²) in [7, 11) is 0. The molecule has 0 saturated carbocycles. The Bertz CT molecular complexity index is 826. The Balaban J connectivity index is 1.85. The van der Waals surface area contributed by atoms with Crippen LogP contribution in [0, 0.1) is 6.92 Å². The Hall–Kier alpha value is 0.742. The third-order valence-corrected chi connectivity index (χ3v) is 31.1. The molecule has 32 heavy (non-hydrogen) atoms. The van der Waals surface area contributed by atoms with Gasteiger partial charge in [0, 0.05) is 0 Å². The maximum atomic E-state index is 2.81. The first-order chi connectivity index (χ1) is 15.3. The summed E-state index contributed by atoms with van der Waals surface area (Å²) in [5.74, 6) is 0. The molecule has 4 heteroatoms. The van der Waals surface area contributed by atoms with Crippen molar-refractivity contribution < 1.29 is 0 Å². The van der Waals surface area contributed by atoms with Crippen molar-refractivity contribution >= 4 is 66.0 Å². The van der Waals surface area contributed by atoms with E-state index in [1.807, 2.05) is 11.7 Å². The van der Waals surface area contributed by atoms with Crippen molar-refractivity contribution in [3.05, 3.63) is 17.0 Å². The first-order valence-corrected chi connectivity index (χ1v) is 30.3. The summed E-state index contributed by atoms with van der Waals surface area (Å²) in [4.78, 5) is 12.9. The van der Waals surface area contributed by atoms with Gasteiger partial charge < -0.3 is 0 Å². The van der Waals surface area contributed by atoms with Crippen molar-refractivity contribution in [2.24, 2.45) is 0 Å². The van der Waals surface area contributed by atoms with E-state index < -0.39 is 31.6 Å². The third-order valence-electron chi connectivity index (χ3n) is 7.48. The van der Waals surface area contributed by atoms with Crippen LogP contribution in [0.25, 0.3) is 9.75 Å². The molecule has 3 rings (SSSR count). The molecule has 0 fully saturated rings. The normalized spacial score (nSPS) is 14.7. The van der Waals surface area contributed by atoms with Crippen LogP contribution in [0.3, 0.4) is 0 Å². The van der Waals surface area contributed by atoms with Crippen molar-refractivity contribution in [2.75, 3.05) is 0 Å². The number of thiophene rings is 2. The molecule has 0 saturated heterocycles. The minimum atomic E-state index is -2.26. The van der Waals surface area contributed by atoms with Crippen LogP contribution < -0.4 is 11.7 Å². The quantitative estimate of drug-likeness (QED) is 0.135. The van der Waals surface area contributed by atoms with Crippen molar-refractivity contribution in [3.63, 3.8) is 0 Å². The molecule has 1 aliphatic rings. The number of unbranched alkanes of at least 4 members (excludes halogenated alkanes) is 10. The van der Waals surface area contributed by atoms with Gasteiger partial charge in [-0.25, -0.2) is 0 Å². The van der Waals surface area contributed by atoms with Gasteiger partial charge in [-0.2, -0.15) is 0 Å². The van der Waals surface area contributed by atoms with E-state index >= 15 is 0 Å². The van der Waals surface area contributed by atoms with Gasteiger partial charge in [-0.15, -0.1) is 0 Å². The molecule has 0 amide bonds. The average molecular weight is 640 g/mol. The van der Waals surface area contributed by atoms with E-state index in [9.17, 15) is 0 Å². The van der Waals surface area contributed by atoms with Crippen molar-refractivity contribution in [1.82, 2.24) is 0 Å². The molecule has 0 nitrogen and oxygen atoms in total. The summed E-state index contributed by atoms with van der Waals surface area (Å²) in [5, 5.41) is 3.13. The minimum absolute atomic E-state index is 1.36. The summed E-state index contributed by atoms with van der Waals surface area (Å²) in [5.41, 5.74) is 0. The molecule has 0 radical (unpaired) electrons. The summed E-state index contributed by atoms with van der Waals surface area (Å²) in [6, 6.07) is 5.48. The second kappa shape index (κ2) is 12.6. The fourth-order valence-electron chi connectivity index (χ4n) is 5.55. The van der Waals surface area contributed by atoms with Crippen LogP contribution in [0.4, 0.5) is 0 Å². The Labute approximate surface area is 214 Å². The molecule has 0 unspecified atom stereocenters. The second-order valence-corrected chi connectivity index (χ2v) is 37.9. The molecule has 180 valence electrons. The topological polar surface area (TPSA) is 0 Å². The summed E-state index contributed by atoms with van der Waals surface area (Å²) in [6.07, 6.45) is 17.3. The number of hydrogen-bond donors (Lipinski definition) is 0. The van der Waals surface area contributed by atoms with E-state index in [2.05, 4.69) is 70.4 Å². The molecule has 0 N–H and O–H groups in total. The molecule has 3 heterocycles. The molecule has 0 bridgehead atoms. The van der Waals surface area contributed by atoms with Gasteiger partial charge >= 0.3 is 216 Å². The van der Waals surface area contributed by atoms with Gasteiger partial charge in [0.25, 0.3) is 0 Å². The van der Waals surface area contributed by atoms with Gasteiger partial charge in [0.05, 0.1) is 0 Å². The van der Waals surface area contributed by atoms with Crippen molar-refractivity contribution in [2.45, 2.75) is 123 Å². The molecular weight excluding hydrogens is 592 g/mol. The standard InChI is InChI=1S/C25H39GeS2.3CH3.Sn/c1-4-6-8-10-12-14-17-26(18-15-13-11-9-7-5-2)22-16-19-27-24(22)25-23(26)20-21(3)28-25;;;;/h16,20H,4-15,17-18H2,1-3H3;3*1H3;. The molecule has 0 aromatic carbocycles. The maximum absolute atomic E-state index is 2.81. The molecule has 1 aliphatic heterocycles. The van der Waals surface area contributed by atoms with Gasteiger partial charge in [-0.3, -0.25) is 0 Å². The van der Waals surface area contributed by atoms with Crippen LogP contribution in [-0.4, -0.2) is 31.6 Å². The average Bonchev–Trinajstić information content (AvgIpc) is 3.40. The predicted molar refractivity (Wildman–Crippen MR) is 157 cm³/mol. The van der Waals surface area contributed by atoms with Crippen molar-refractivity contribution in [3.8, 4) is 9.75 Å². The molecule has 0 aliphatic carbocycles. The van der Waals surface area contributed by atoms with Crippen LogP contribution in [0.1, 0.15) is 95.8 Å². The van der Waals surface area contributed by atoms with Gasteiger partial charge in [0.2, 0.25) is 0 Å². The SMILES string of the molecule is CCCCCCC[CH2][Ge]1([CH2]CCCCCCC)[c]2cc(C)sc2-c2s[c]([Sn]([CH3])([CH3])[CH3])c[c]21. The third kappa shape index (κ3) is 6.49. The van der Waals surface area contributed by atoms with Gasteiger partial charge in [0.1, 0.15) is 0 Å². The molecule has 2 aromatic heterocycles. The fraction of sp³-hybridized carbons (Fsp3) is 0.714. The van der Waals surface area contributed by atoms with E-state index in [1.54, 1.807) is 25.1 Å². The summed E-state index contributed by atoms with van der Waals surface area (Å²) < 4.78 is 5.69. The number of rotatable bonds is 15. The van der Waals surface area contributed by atoms with E-state index in [-0.39, 0.29) is 0 Å². The van der Waals surface area contributed by atoms with Gasteiger partial charge in [0.15, 0.2) is 0 Å². The van der Waals surface area contributed by atoms with Gasteiger partial charge in [-0.05, 0) is 0 Å². The summed E-state index contributed by atoms with van der Waals surface area (Å²) in [6.45, 7) is 7.03. The Morgan fingerprint density at radius 1 is 0.656 bits per heavy atom. The monoisotopic (exact) mass is 642 g/mol. The van der Waals surface area contributed by atoms with Crippen LogP contribution in [0.5, 0.6) is 0 Å². The number of aryl methyl sites for hydroxylation is 1. The van der Waals surface area contributed by atoms with E-state index in [0.29, 0.717) is 0 Å². The fourth-order valence-corrected chi connectivity index (χ4v) is 28.5. The Morgan fingerprint density at radius 3 is 1.66 bits per heavy atom. The first kappa shape index (κ1) is 27.3. The van der Waals surface area contributed by atoms with Crippen LogP contribution in [0.15, 0.2) is 12.1 Å². The van der Waals surface area contributed by atoms with E-state index in [4.69, 9.17) is 0 Å². The van der Waals surface area contributed by atoms with Crippen LogP contribution >= 0.6 is 22.7 Å². The Morgan fingerprint density at radius 2 is 1.12 bits per heavy atom. The van der Waals surface area contributed by atoms with Crippen LogP contribution in [-0.2, 0) is 0 Å². The van der Waals surface area contributed by atoms with Crippen LogP contribution in [0.2, 0.25) is 25.3 Å². The number of fused-ring (bicyclic) bond motifs is 3. The van der Waals surface area contributed by atoms with E-state index in [0.717, 1.165) is 0 Å². The predicted octanol–water partition coefficient (Wildman–Crippen LogP) is 8.93. The Kier molecular flexibility index (Phi) is 10.8. The summed E-state index contributed by atoms with van der Waals surface area (Å²) >= 11 is 0.0642. The van der Waals surface area contributed by atoms with E-state index in [1.165, 1.54) is 77.0 Å². The zero-order valence-electron chi connectivity index (χ0n) is 21.9. The molecule has 2 aromatic rings. The zero-order valence-corrected chi connectivity index (χ0v) is 28.5. The first-order valence-electron chi connectivity index (χ1n) is 13.6. The number of hydrogen-bond acceptors (Lipinski definition) is 2. The molecule has 0 atom stereocenters. The van der Waals surface area contributed by atoms with Gasteiger partial charge in [-0.1, -0.05) is 0 Å². The molecular formula is C28H48GeS2Sn. The van der Waals surface area contributed by atoms with Crippen molar-refractivity contribution in [1.29, 1.82) is 0 Å². The second-order valence-electron chi connectivity index (χ2n) is 11.3.